The molecule has 1 aromatic heterocycles. The van der Waals surface area contributed by atoms with Gasteiger partial charge in [-0.25, -0.2) is 4.98 Å². The van der Waals surface area contributed by atoms with E-state index in [4.69, 9.17) is 4.74 Å². The monoisotopic (exact) mass is 240 g/mol. The van der Waals surface area contributed by atoms with Crippen molar-refractivity contribution >= 4 is 11.3 Å². The van der Waals surface area contributed by atoms with E-state index in [-0.39, 0.29) is 0 Å². The normalized spacial score (nSPS) is 25.1. The summed E-state index contributed by atoms with van der Waals surface area (Å²) in [6.45, 7) is 3.12. The SMILES string of the molecule is COC1CCCC1NCCc1scnc1C. The second-order valence-corrected chi connectivity index (χ2v) is 5.32. The number of rotatable bonds is 5. The number of nitrogens with zero attached hydrogens (tertiary/aromatic N) is 1. The van der Waals surface area contributed by atoms with Crippen LogP contribution in [-0.2, 0) is 11.2 Å². The number of nitrogens with one attached hydrogen (secondary N) is 1. The van der Waals surface area contributed by atoms with Gasteiger partial charge in [-0.1, -0.05) is 0 Å². The van der Waals surface area contributed by atoms with E-state index in [0.717, 1.165) is 13.0 Å². The van der Waals surface area contributed by atoms with Gasteiger partial charge >= 0.3 is 0 Å². The van der Waals surface area contributed by atoms with E-state index in [0.29, 0.717) is 12.1 Å². The largest absolute Gasteiger partial charge is 0.380 e. The number of aryl methyl sites for hydroxylation is 1. The Morgan fingerprint density at radius 3 is 3.12 bits per heavy atom. The maximum absolute atomic E-state index is 5.46. The average molecular weight is 240 g/mol. The molecule has 1 aliphatic rings. The van der Waals surface area contributed by atoms with Gasteiger partial charge in [0, 0.05) is 24.6 Å². The zero-order valence-electron chi connectivity index (χ0n) is 10.0. The number of ether oxygens (including phenoxy) is 1. The van der Waals surface area contributed by atoms with Crippen molar-refractivity contribution in [2.45, 2.75) is 44.8 Å². The van der Waals surface area contributed by atoms with Gasteiger partial charge in [-0.15, -0.1) is 11.3 Å². The van der Waals surface area contributed by atoms with Crippen molar-refractivity contribution in [2.24, 2.45) is 0 Å². The molecule has 16 heavy (non-hydrogen) atoms. The topological polar surface area (TPSA) is 34.1 Å². The molecule has 0 aliphatic heterocycles. The van der Waals surface area contributed by atoms with Gasteiger partial charge in [-0.05, 0) is 32.6 Å². The highest BCUT2D eigenvalue weighted by Crippen LogP contribution is 2.21. The highest BCUT2D eigenvalue weighted by molar-refractivity contribution is 7.09. The van der Waals surface area contributed by atoms with Crippen molar-refractivity contribution in [2.75, 3.05) is 13.7 Å². The quantitative estimate of drug-likeness (QED) is 0.856. The molecule has 4 heteroatoms. The van der Waals surface area contributed by atoms with Crippen molar-refractivity contribution in [1.82, 2.24) is 10.3 Å². The summed E-state index contributed by atoms with van der Waals surface area (Å²) in [6, 6.07) is 0.554. The van der Waals surface area contributed by atoms with Crippen LogP contribution in [0.15, 0.2) is 5.51 Å². The molecule has 0 aromatic carbocycles. The molecule has 0 radical (unpaired) electrons. The molecule has 2 unspecified atom stereocenters. The van der Waals surface area contributed by atoms with E-state index in [1.807, 2.05) is 12.6 Å². The fraction of sp³-hybridized carbons (Fsp3) is 0.750. The third-order valence-corrected chi connectivity index (χ3v) is 4.35. The van der Waals surface area contributed by atoms with Gasteiger partial charge in [0.05, 0.1) is 17.3 Å². The summed E-state index contributed by atoms with van der Waals surface area (Å²) in [5, 5.41) is 3.60. The van der Waals surface area contributed by atoms with Crippen LogP contribution in [0.4, 0.5) is 0 Å². The van der Waals surface area contributed by atoms with E-state index in [2.05, 4.69) is 17.2 Å². The summed E-state index contributed by atoms with van der Waals surface area (Å²) >= 11 is 1.76. The number of methoxy groups -OCH3 is 1. The van der Waals surface area contributed by atoms with Gasteiger partial charge in [0.2, 0.25) is 0 Å². The van der Waals surface area contributed by atoms with Gasteiger partial charge in [-0.3, -0.25) is 0 Å². The first-order valence-corrected chi connectivity index (χ1v) is 6.84. The second kappa shape index (κ2) is 5.75. The molecule has 3 nitrogen and oxygen atoms in total. The van der Waals surface area contributed by atoms with Crippen molar-refractivity contribution < 1.29 is 4.74 Å². The van der Waals surface area contributed by atoms with Crippen LogP contribution in [0.2, 0.25) is 0 Å². The molecule has 1 saturated carbocycles. The lowest BCUT2D eigenvalue weighted by molar-refractivity contribution is 0.0854. The average Bonchev–Trinajstić information content (AvgIpc) is 2.88. The van der Waals surface area contributed by atoms with Crippen molar-refractivity contribution in [3.05, 3.63) is 16.1 Å². The van der Waals surface area contributed by atoms with E-state index in [1.54, 1.807) is 11.3 Å². The van der Waals surface area contributed by atoms with Gasteiger partial charge in [-0.2, -0.15) is 0 Å². The first-order chi connectivity index (χ1) is 7.81. The lowest BCUT2D eigenvalue weighted by Crippen LogP contribution is -2.37. The molecule has 0 amide bonds. The van der Waals surface area contributed by atoms with Crippen LogP contribution < -0.4 is 5.32 Å². The van der Waals surface area contributed by atoms with Gasteiger partial charge in [0.25, 0.3) is 0 Å². The molecule has 90 valence electrons. The molecule has 1 fully saturated rings. The number of hydrogen-bond acceptors (Lipinski definition) is 4. The van der Waals surface area contributed by atoms with E-state index < -0.39 is 0 Å². The number of aromatic nitrogens is 1. The number of hydrogen-bond donors (Lipinski definition) is 1. The van der Waals surface area contributed by atoms with Crippen LogP contribution in [-0.4, -0.2) is 30.8 Å². The fourth-order valence-corrected chi connectivity index (χ4v) is 3.16. The van der Waals surface area contributed by atoms with Gasteiger partial charge < -0.3 is 10.1 Å². The van der Waals surface area contributed by atoms with E-state index >= 15 is 0 Å². The molecule has 1 N–H and O–H groups in total. The van der Waals surface area contributed by atoms with Crippen LogP contribution >= 0.6 is 11.3 Å². The molecule has 1 aliphatic carbocycles. The molecule has 0 bridgehead atoms. The minimum absolute atomic E-state index is 0.419. The minimum Gasteiger partial charge on any atom is -0.380 e. The highest BCUT2D eigenvalue weighted by atomic mass is 32.1. The van der Waals surface area contributed by atoms with Crippen molar-refractivity contribution in [3.8, 4) is 0 Å². The third-order valence-electron chi connectivity index (χ3n) is 3.36. The third kappa shape index (κ3) is 2.81. The minimum atomic E-state index is 0.419. The Hall–Kier alpha value is -0.450. The zero-order chi connectivity index (χ0) is 11.4. The van der Waals surface area contributed by atoms with Crippen LogP contribution in [0.1, 0.15) is 29.8 Å². The summed E-state index contributed by atoms with van der Waals surface area (Å²) < 4.78 is 5.46. The van der Waals surface area contributed by atoms with Crippen LogP contribution in [0, 0.1) is 6.92 Å². The Labute approximate surface area is 101 Å². The zero-order valence-corrected chi connectivity index (χ0v) is 10.8. The lowest BCUT2D eigenvalue weighted by Gasteiger charge is -2.19. The van der Waals surface area contributed by atoms with Gasteiger partial charge in [0.15, 0.2) is 0 Å². The summed E-state index contributed by atoms with van der Waals surface area (Å²) in [5.74, 6) is 0. The lowest BCUT2D eigenvalue weighted by atomic mass is 10.2. The second-order valence-electron chi connectivity index (χ2n) is 4.38. The Morgan fingerprint density at radius 1 is 1.56 bits per heavy atom. The molecule has 2 rings (SSSR count). The number of thiazole rings is 1. The standard InChI is InChI=1S/C12H20N2OS/c1-9-12(16-8-14-9)6-7-13-10-4-3-5-11(10)15-2/h8,10-11,13H,3-7H2,1-2H3. The Balaban J connectivity index is 1.74. The summed E-state index contributed by atoms with van der Waals surface area (Å²) in [4.78, 5) is 5.67. The molecule has 2 atom stereocenters. The Kier molecular flexibility index (Phi) is 4.32. The van der Waals surface area contributed by atoms with Crippen molar-refractivity contribution in [3.63, 3.8) is 0 Å². The Morgan fingerprint density at radius 2 is 2.44 bits per heavy atom. The highest BCUT2D eigenvalue weighted by Gasteiger charge is 2.26. The molecule has 0 saturated heterocycles. The molecule has 1 aromatic rings. The van der Waals surface area contributed by atoms with Gasteiger partial charge in [0.1, 0.15) is 0 Å². The fourth-order valence-electron chi connectivity index (χ4n) is 2.38. The van der Waals surface area contributed by atoms with Crippen LogP contribution in [0.5, 0.6) is 0 Å². The summed E-state index contributed by atoms with van der Waals surface area (Å²) in [5.41, 5.74) is 3.11. The van der Waals surface area contributed by atoms with Crippen LogP contribution in [0.3, 0.4) is 0 Å². The summed E-state index contributed by atoms with van der Waals surface area (Å²) in [6.07, 6.45) is 5.25. The Bertz CT molecular complexity index is 327. The van der Waals surface area contributed by atoms with Crippen LogP contribution in [0.25, 0.3) is 0 Å². The van der Waals surface area contributed by atoms with Crippen molar-refractivity contribution in [1.29, 1.82) is 0 Å². The predicted molar refractivity (Wildman–Crippen MR) is 67.0 cm³/mol. The molecular formula is C12H20N2OS. The summed E-state index contributed by atoms with van der Waals surface area (Å²) in [7, 11) is 1.82. The molecular weight excluding hydrogens is 220 g/mol. The maximum atomic E-state index is 5.46. The maximum Gasteiger partial charge on any atom is 0.0797 e. The first-order valence-electron chi connectivity index (χ1n) is 5.96. The van der Waals surface area contributed by atoms with E-state index in [1.165, 1.54) is 29.8 Å². The smallest absolute Gasteiger partial charge is 0.0797 e. The molecule has 1 heterocycles. The predicted octanol–water partition coefficient (Wildman–Crippen LogP) is 2.15. The molecule has 0 spiro atoms. The van der Waals surface area contributed by atoms with E-state index in [9.17, 15) is 0 Å². The first kappa shape index (κ1) is 12.0.